The molecule has 1 aliphatic rings. The summed E-state index contributed by atoms with van der Waals surface area (Å²) in [5.41, 5.74) is 4.66. The molecule has 0 fully saturated rings. The fourth-order valence-corrected chi connectivity index (χ4v) is 1.91. The first-order valence-electron chi connectivity index (χ1n) is 6.09. The van der Waals surface area contributed by atoms with Crippen molar-refractivity contribution in [3.05, 3.63) is 34.9 Å². The summed E-state index contributed by atoms with van der Waals surface area (Å²) in [5, 5.41) is 0. The predicted octanol–water partition coefficient (Wildman–Crippen LogP) is 5.04. The summed E-state index contributed by atoms with van der Waals surface area (Å²) in [5.74, 6) is 0.699. The molecule has 0 atom stereocenters. The van der Waals surface area contributed by atoms with Crippen molar-refractivity contribution in [1.82, 2.24) is 0 Å². The highest BCUT2D eigenvalue weighted by Gasteiger charge is 2.04. The highest BCUT2D eigenvalue weighted by molar-refractivity contribution is 5.17. The number of hydrogen-bond acceptors (Lipinski definition) is 0. The van der Waals surface area contributed by atoms with Crippen LogP contribution in [0, 0.1) is 5.92 Å². The lowest BCUT2D eigenvalue weighted by atomic mass is 9.93. The molecule has 84 valence electrons. The van der Waals surface area contributed by atoms with Crippen LogP contribution in [-0.4, -0.2) is 0 Å². The second-order valence-corrected chi connectivity index (χ2v) is 4.97. The van der Waals surface area contributed by atoms with Gasteiger partial charge in [0.25, 0.3) is 0 Å². The average molecular weight is 204 g/mol. The van der Waals surface area contributed by atoms with E-state index in [9.17, 15) is 0 Å². The smallest absolute Gasteiger partial charge is 0.0139 e. The van der Waals surface area contributed by atoms with Crippen LogP contribution in [0.5, 0.6) is 0 Å². The molecule has 0 unspecified atom stereocenters. The van der Waals surface area contributed by atoms with Crippen molar-refractivity contribution in [2.24, 2.45) is 5.92 Å². The summed E-state index contributed by atoms with van der Waals surface area (Å²) in [4.78, 5) is 0. The van der Waals surface area contributed by atoms with Gasteiger partial charge in [-0.05, 0) is 45.4 Å². The van der Waals surface area contributed by atoms with Gasteiger partial charge in [0.05, 0.1) is 0 Å². The van der Waals surface area contributed by atoms with Crippen molar-refractivity contribution in [2.75, 3.05) is 0 Å². The van der Waals surface area contributed by atoms with E-state index >= 15 is 0 Å². The lowest BCUT2D eigenvalue weighted by molar-refractivity contribution is 0.701. The van der Waals surface area contributed by atoms with Crippen molar-refractivity contribution in [3.8, 4) is 0 Å². The van der Waals surface area contributed by atoms with Crippen LogP contribution in [0.2, 0.25) is 0 Å². The molecule has 15 heavy (non-hydrogen) atoms. The SMILES string of the molecule is C/C1=C/C/C=C(\C)CC/C(C(C)C)=C\C1. The molecule has 0 aromatic carbocycles. The maximum absolute atomic E-state index is 2.44. The first kappa shape index (κ1) is 12.3. The van der Waals surface area contributed by atoms with E-state index in [1.165, 1.54) is 24.0 Å². The van der Waals surface area contributed by atoms with Crippen LogP contribution in [0.25, 0.3) is 0 Å². The zero-order valence-corrected chi connectivity index (χ0v) is 10.6. The van der Waals surface area contributed by atoms with Gasteiger partial charge in [-0.25, -0.2) is 0 Å². The Balaban J connectivity index is 2.80. The molecule has 0 aromatic rings. The van der Waals surface area contributed by atoms with Gasteiger partial charge < -0.3 is 0 Å². The minimum Gasteiger partial charge on any atom is -0.0818 e. The van der Waals surface area contributed by atoms with Crippen LogP contribution >= 0.6 is 0 Å². The molecule has 0 aliphatic heterocycles. The molecule has 0 heteroatoms. The van der Waals surface area contributed by atoms with E-state index in [0.29, 0.717) is 5.92 Å². The Morgan fingerprint density at radius 3 is 2.27 bits per heavy atom. The molecule has 0 nitrogen and oxygen atoms in total. The van der Waals surface area contributed by atoms with Crippen molar-refractivity contribution < 1.29 is 0 Å². The van der Waals surface area contributed by atoms with Crippen molar-refractivity contribution >= 4 is 0 Å². The van der Waals surface area contributed by atoms with Crippen LogP contribution < -0.4 is 0 Å². The average Bonchev–Trinajstić information content (AvgIpc) is 2.16. The van der Waals surface area contributed by atoms with Gasteiger partial charge in [0.1, 0.15) is 0 Å². The molecular formula is C15H24. The molecule has 0 aromatic heterocycles. The fraction of sp³-hybridized carbons (Fsp3) is 0.600. The van der Waals surface area contributed by atoms with E-state index in [0.717, 1.165) is 12.8 Å². The highest BCUT2D eigenvalue weighted by atomic mass is 14.1. The zero-order chi connectivity index (χ0) is 11.3. The van der Waals surface area contributed by atoms with E-state index in [2.05, 4.69) is 45.9 Å². The van der Waals surface area contributed by atoms with Crippen LogP contribution in [0.3, 0.4) is 0 Å². The van der Waals surface area contributed by atoms with E-state index in [1.807, 2.05) is 0 Å². The van der Waals surface area contributed by atoms with E-state index < -0.39 is 0 Å². The second-order valence-electron chi connectivity index (χ2n) is 4.97. The van der Waals surface area contributed by atoms with Gasteiger partial charge in [0.2, 0.25) is 0 Å². The van der Waals surface area contributed by atoms with Gasteiger partial charge in [0.15, 0.2) is 0 Å². The fourth-order valence-electron chi connectivity index (χ4n) is 1.91. The highest BCUT2D eigenvalue weighted by Crippen LogP contribution is 2.22. The van der Waals surface area contributed by atoms with E-state index in [4.69, 9.17) is 0 Å². The molecule has 0 bridgehead atoms. The van der Waals surface area contributed by atoms with Crippen LogP contribution in [0.1, 0.15) is 53.4 Å². The van der Waals surface area contributed by atoms with Crippen molar-refractivity contribution in [3.63, 3.8) is 0 Å². The third-order valence-electron chi connectivity index (χ3n) is 3.17. The summed E-state index contributed by atoms with van der Waals surface area (Å²) in [6.45, 7) is 9.09. The molecule has 1 aliphatic carbocycles. The Labute approximate surface area is 94.8 Å². The minimum atomic E-state index is 0.699. The van der Waals surface area contributed by atoms with Gasteiger partial charge in [-0.1, -0.05) is 48.8 Å². The largest absolute Gasteiger partial charge is 0.0818 e. The monoisotopic (exact) mass is 204 g/mol. The molecule has 0 N–H and O–H groups in total. The van der Waals surface area contributed by atoms with Crippen LogP contribution in [0.4, 0.5) is 0 Å². The molecule has 0 spiro atoms. The summed E-state index contributed by atoms with van der Waals surface area (Å²) < 4.78 is 0. The predicted molar refractivity (Wildman–Crippen MR) is 68.9 cm³/mol. The number of allylic oxidation sites excluding steroid dienone is 6. The summed E-state index contributed by atoms with van der Waals surface area (Å²) in [7, 11) is 0. The molecule has 0 saturated carbocycles. The van der Waals surface area contributed by atoms with Gasteiger partial charge in [-0.2, -0.15) is 0 Å². The van der Waals surface area contributed by atoms with Gasteiger partial charge >= 0.3 is 0 Å². The maximum atomic E-state index is 2.44. The van der Waals surface area contributed by atoms with Crippen LogP contribution in [0.15, 0.2) is 34.9 Å². The lowest BCUT2D eigenvalue weighted by Crippen LogP contribution is -1.96. The summed E-state index contributed by atoms with van der Waals surface area (Å²) >= 11 is 0. The zero-order valence-electron chi connectivity index (χ0n) is 10.6. The maximum Gasteiger partial charge on any atom is -0.0139 e. The third-order valence-corrected chi connectivity index (χ3v) is 3.17. The Morgan fingerprint density at radius 1 is 0.933 bits per heavy atom. The molecule has 0 saturated heterocycles. The molecule has 0 heterocycles. The molecule has 1 rings (SSSR count). The Morgan fingerprint density at radius 2 is 1.60 bits per heavy atom. The normalized spacial score (nSPS) is 29.8. The quantitative estimate of drug-likeness (QED) is 0.525. The second kappa shape index (κ2) is 5.95. The third kappa shape index (κ3) is 4.51. The van der Waals surface area contributed by atoms with Gasteiger partial charge in [-0.3, -0.25) is 0 Å². The van der Waals surface area contributed by atoms with Crippen molar-refractivity contribution in [2.45, 2.75) is 53.4 Å². The Hall–Kier alpha value is -0.780. The number of hydrogen-bond donors (Lipinski definition) is 0. The Kier molecular flexibility index (Phi) is 4.87. The molecule has 0 amide bonds. The van der Waals surface area contributed by atoms with Crippen LogP contribution in [-0.2, 0) is 0 Å². The lowest BCUT2D eigenvalue weighted by Gasteiger charge is -2.13. The Bertz CT molecular complexity index is 287. The standard InChI is InChI=1S/C15H24/c1-12(2)15-10-8-13(3)6-5-7-14(4)9-11-15/h6-7,10,12H,5,8-9,11H2,1-4H3/b13-6-,14-7+,15-10+. The summed E-state index contributed by atoms with van der Waals surface area (Å²) in [6.07, 6.45) is 11.9. The number of rotatable bonds is 1. The molecular weight excluding hydrogens is 180 g/mol. The van der Waals surface area contributed by atoms with E-state index in [1.54, 1.807) is 5.57 Å². The van der Waals surface area contributed by atoms with Gasteiger partial charge in [0, 0.05) is 0 Å². The minimum absolute atomic E-state index is 0.699. The first-order chi connectivity index (χ1) is 7.09. The summed E-state index contributed by atoms with van der Waals surface area (Å²) in [6, 6.07) is 0. The van der Waals surface area contributed by atoms with E-state index in [-0.39, 0.29) is 0 Å². The first-order valence-corrected chi connectivity index (χ1v) is 6.09. The topological polar surface area (TPSA) is 0 Å². The molecule has 0 radical (unpaired) electrons. The van der Waals surface area contributed by atoms with Crippen molar-refractivity contribution in [1.29, 1.82) is 0 Å². The van der Waals surface area contributed by atoms with Gasteiger partial charge in [-0.15, -0.1) is 0 Å².